The molecule has 14 heavy (non-hydrogen) atoms. The van der Waals surface area contributed by atoms with Crippen molar-refractivity contribution >= 4 is 11.9 Å². The van der Waals surface area contributed by atoms with Crippen molar-refractivity contribution in [1.29, 1.82) is 0 Å². The van der Waals surface area contributed by atoms with Crippen molar-refractivity contribution in [2.75, 3.05) is 6.67 Å². The van der Waals surface area contributed by atoms with E-state index < -0.39 is 30.6 Å². The molecule has 5 nitrogen and oxygen atoms in total. The smallest absolute Gasteiger partial charge is 0.320 e. The second kappa shape index (κ2) is 6.31. The van der Waals surface area contributed by atoms with Crippen LogP contribution in [0.15, 0.2) is 0 Å². The van der Waals surface area contributed by atoms with E-state index in [0.29, 0.717) is 0 Å². The lowest BCUT2D eigenvalue weighted by atomic mass is 9.96. The summed E-state index contributed by atoms with van der Waals surface area (Å²) in [6.07, 6.45) is 0.0702. The summed E-state index contributed by atoms with van der Waals surface area (Å²) in [7, 11) is 0. The molecule has 0 aliphatic heterocycles. The molecule has 2 atom stereocenters. The molecule has 0 saturated carbocycles. The van der Waals surface area contributed by atoms with Gasteiger partial charge in [-0.2, -0.15) is 0 Å². The summed E-state index contributed by atoms with van der Waals surface area (Å²) in [6, 6.07) is -1.20. The van der Waals surface area contributed by atoms with Gasteiger partial charge in [-0.25, -0.2) is 0 Å². The van der Waals surface area contributed by atoms with Crippen molar-refractivity contribution in [2.45, 2.75) is 25.3 Å². The lowest BCUT2D eigenvalue weighted by Gasteiger charge is -2.13. The van der Waals surface area contributed by atoms with Crippen molar-refractivity contribution in [2.24, 2.45) is 11.7 Å². The fraction of sp³-hybridized carbons (Fsp3) is 0.750. The van der Waals surface area contributed by atoms with Crippen molar-refractivity contribution in [3.8, 4) is 0 Å². The molecular formula is C8H14FNO4. The summed E-state index contributed by atoms with van der Waals surface area (Å²) in [4.78, 5) is 20.9. The van der Waals surface area contributed by atoms with Gasteiger partial charge in [-0.3, -0.25) is 14.0 Å². The topological polar surface area (TPSA) is 101 Å². The molecule has 6 heteroatoms. The standard InChI is InChI=1S/C8H14FNO4/c9-3-1-2-5(7(11)12)4-6(10)8(13)14/h5-6H,1-4,10H2,(H,11,12)(H,13,14)/i9+0. The predicted molar refractivity (Wildman–Crippen MR) is 46.6 cm³/mol. The highest BCUT2D eigenvalue weighted by Gasteiger charge is 2.23. The van der Waals surface area contributed by atoms with Gasteiger partial charge in [0.2, 0.25) is 0 Å². The van der Waals surface area contributed by atoms with E-state index in [-0.39, 0.29) is 19.3 Å². The van der Waals surface area contributed by atoms with Gasteiger partial charge in [0.15, 0.2) is 0 Å². The maximum absolute atomic E-state index is 11.8. The summed E-state index contributed by atoms with van der Waals surface area (Å²) in [5.41, 5.74) is 5.17. The van der Waals surface area contributed by atoms with Crippen LogP contribution in [-0.2, 0) is 9.59 Å². The van der Waals surface area contributed by atoms with Gasteiger partial charge in [0, 0.05) is 0 Å². The number of carboxylic acids is 2. The van der Waals surface area contributed by atoms with Gasteiger partial charge in [0.25, 0.3) is 0 Å². The number of halogens is 1. The molecule has 0 heterocycles. The lowest BCUT2D eigenvalue weighted by molar-refractivity contribution is -0.143. The molecule has 0 aromatic heterocycles. The largest absolute Gasteiger partial charge is 0.481 e. The Morgan fingerprint density at radius 3 is 2.21 bits per heavy atom. The van der Waals surface area contributed by atoms with Gasteiger partial charge >= 0.3 is 11.9 Å². The molecule has 0 spiro atoms. The highest BCUT2D eigenvalue weighted by Crippen LogP contribution is 2.13. The lowest BCUT2D eigenvalue weighted by Crippen LogP contribution is -2.34. The summed E-state index contributed by atoms with van der Waals surface area (Å²) in [6.45, 7) is -0.605. The Morgan fingerprint density at radius 2 is 1.86 bits per heavy atom. The fourth-order valence-corrected chi connectivity index (χ4v) is 1.07. The van der Waals surface area contributed by atoms with E-state index in [4.69, 9.17) is 15.9 Å². The first kappa shape index (κ1) is 12.8. The molecule has 0 rings (SSSR count). The van der Waals surface area contributed by atoms with Crippen LogP contribution in [-0.4, -0.2) is 34.9 Å². The number of carboxylic acid groups (broad SMARTS) is 2. The number of aliphatic carboxylic acids is 2. The van der Waals surface area contributed by atoms with Gasteiger partial charge in [-0.15, -0.1) is 0 Å². The fourth-order valence-electron chi connectivity index (χ4n) is 1.07. The first-order valence-corrected chi connectivity index (χ1v) is 4.26. The maximum atomic E-state index is 11.8. The van der Waals surface area contributed by atoms with E-state index in [9.17, 15) is 14.0 Å². The minimum absolute atomic E-state index is 0.114. The second-order valence-corrected chi connectivity index (χ2v) is 3.05. The van der Waals surface area contributed by atoms with E-state index in [1.54, 1.807) is 0 Å². The van der Waals surface area contributed by atoms with Gasteiger partial charge < -0.3 is 15.9 Å². The van der Waals surface area contributed by atoms with Crippen molar-refractivity contribution in [1.82, 2.24) is 0 Å². The van der Waals surface area contributed by atoms with E-state index in [1.165, 1.54) is 0 Å². The molecule has 0 aromatic rings. The molecule has 0 radical (unpaired) electrons. The molecule has 0 aromatic carbocycles. The summed E-state index contributed by atoms with van der Waals surface area (Å²) in [5.74, 6) is -3.25. The highest BCUT2D eigenvalue weighted by atomic mass is 19.1. The normalized spacial score (nSPS) is 14.7. The van der Waals surface area contributed by atoms with Crippen LogP contribution in [0.2, 0.25) is 0 Å². The average Bonchev–Trinajstić information content (AvgIpc) is 2.10. The summed E-state index contributed by atoms with van der Waals surface area (Å²) < 4.78 is 11.8. The summed E-state index contributed by atoms with van der Waals surface area (Å²) >= 11 is 0. The van der Waals surface area contributed by atoms with Gasteiger partial charge in [-0.1, -0.05) is 0 Å². The Labute approximate surface area is 80.7 Å². The number of carbonyl (C=O) groups is 2. The number of rotatable bonds is 7. The molecule has 2 unspecified atom stereocenters. The second-order valence-electron chi connectivity index (χ2n) is 3.05. The molecule has 4 N–H and O–H groups in total. The summed E-state index contributed by atoms with van der Waals surface area (Å²) in [5, 5.41) is 17.1. The number of hydrogen-bond donors (Lipinski definition) is 3. The van der Waals surface area contributed by atoms with Crippen LogP contribution in [0.4, 0.5) is 4.39 Å². The van der Waals surface area contributed by atoms with E-state index >= 15 is 0 Å². The van der Waals surface area contributed by atoms with Crippen LogP contribution in [0, 0.1) is 5.92 Å². The monoisotopic (exact) mass is 207 g/mol. The SMILES string of the molecule is NC(CC(CCC[19F])C(=O)O)C(=O)O. The number of hydrogen-bond acceptors (Lipinski definition) is 3. The zero-order chi connectivity index (χ0) is 11.1. The van der Waals surface area contributed by atoms with Gasteiger partial charge in [-0.05, 0) is 19.3 Å². The maximum Gasteiger partial charge on any atom is 0.320 e. The number of nitrogens with two attached hydrogens (primary N) is 1. The molecule has 82 valence electrons. The Kier molecular flexibility index (Phi) is 5.78. The third-order valence-electron chi connectivity index (χ3n) is 1.89. The predicted octanol–water partition coefficient (Wildman–Crippen LogP) is 0.239. The molecule has 0 aliphatic carbocycles. The Hall–Kier alpha value is -1.17. The van der Waals surface area contributed by atoms with Crippen LogP contribution in [0.3, 0.4) is 0 Å². The minimum atomic E-state index is -1.24. The number of alkyl halides is 1. The van der Waals surface area contributed by atoms with Crippen LogP contribution in [0.1, 0.15) is 19.3 Å². The first-order chi connectivity index (χ1) is 6.49. The van der Waals surface area contributed by atoms with Crippen LogP contribution >= 0.6 is 0 Å². The first-order valence-electron chi connectivity index (χ1n) is 4.26. The molecular weight excluding hydrogens is 193 g/mol. The van der Waals surface area contributed by atoms with Gasteiger partial charge in [0.05, 0.1) is 12.6 Å². The van der Waals surface area contributed by atoms with E-state index in [1.807, 2.05) is 0 Å². The van der Waals surface area contributed by atoms with Crippen molar-refractivity contribution < 1.29 is 24.2 Å². The van der Waals surface area contributed by atoms with Crippen molar-refractivity contribution in [3.05, 3.63) is 0 Å². The quantitative estimate of drug-likeness (QED) is 0.555. The zero-order valence-electron chi connectivity index (χ0n) is 7.65. The Morgan fingerprint density at radius 1 is 1.29 bits per heavy atom. The van der Waals surface area contributed by atoms with E-state index in [0.717, 1.165) is 0 Å². The molecule has 0 bridgehead atoms. The van der Waals surface area contributed by atoms with Crippen molar-refractivity contribution in [3.63, 3.8) is 0 Å². The van der Waals surface area contributed by atoms with Gasteiger partial charge in [0.1, 0.15) is 6.04 Å². The molecule has 0 fully saturated rings. The van der Waals surface area contributed by atoms with Crippen LogP contribution in [0.25, 0.3) is 0 Å². The molecule has 0 amide bonds. The molecule has 0 aliphatic rings. The Bertz CT molecular complexity index is 210. The highest BCUT2D eigenvalue weighted by molar-refractivity contribution is 5.75. The average molecular weight is 207 g/mol. The third kappa shape index (κ3) is 4.76. The zero-order valence-corrected chi connectivity index (χ0v) is 7.65. The van der Waals surface area contributed by atoms with Crippen LogP contribution in [0.5, 0.6) is 0 Å². The van der Waals surface area contributed by atoms with E-state index in [2.05, 4.69) is 0 Å². The minimum Gasteiger partial charge on any atom is -0.481 e. The third-order valence-corrected chi connectivity index (χ3v) is 1.89. The van der Waals surface area contributed by atoms with Crippen LogP contribution < -0.4 is 5.73 Å². The Balaban J connectivity index is 4.08. The molecule has 0 saturated heterocycles.